The number of hydrogen-bond acceptors (Lipinski definition) is 4. The van der Waals surface area contributed by atoms with E-state index in [1.54, 1.807) is 0 Å². The lowest BCUT2D eigenvalue weighted by molar-refractivity contribution is 0.301. The molecule has 19 heavy (non-hydrogen) atoms. The lowest BCUT2D eigenvalue weighted by Gasteiger charge is -2.07. The number of aliphatic hydroxyl groups is 1. The first-order valence-electron chi connectivity index (χ1n) is 5.62. The second kappa shape index (κ2) is 7.12. The fraction of sp³-hybridized carbons (Fsp3) is 0.385. The fourth-order valence-electron chi connectivity index (χ4n) is 1.34. The molecule has 0 unspecified atom stereocenters. The smallest absolute Gasteiger partial charge is 0.165 e. The van der Waals surface area contributed by atoms with Crippen molar-refractivity contribution in [3.05, 3.63) is 29.6 Å². The molecule has 0 amide bonds. The van der Waals surface area contributed by atoms with Crippen LogP contribution in [0.1, 0.15) is 12.0 Å². The van der Waals surface area contributed by atoms with E-state index in [0.717, 1.165) is 6.26 Å². The Morgan fingerprint density at radius 1 is 1.42 bits per heavy atom. The Hall–Kier alpha value is -1.58. The average Bonchev–Trinajstić information content (AvgIpc) is 2.33. The van der Waals surface area contributed by atoms with Crippen molar-refractivity contribution in [2.45, 2.75) is 6.42 Å². The fourth-order valence-corrected chi connectivity index (χ4v) is 1.98. The number of benzene rings is 1. The number of sulfone groups is 1. The lowest BCUT2D eigenvalue weighted by Crippen LogP contribution is -2.08. The highest BCUT2D eigenvalue weighted by Crippen LogP contribution is 2.18. The maximum absolute atomic E-state index is 13.4. The van der Waals surface area contributed by atoms with Gasteiger partial charge in [0.15, 0.2) is 11.6 Å². The molecule has 1 aromatic rings. The van der Waals surface area contributed by atoms with Gasteiger partial charge in [-0.3, -0.25) is 0 Å². The Kier molecular flexibility index (Phi) is 5.80. The van der Waals surface area contributed by atoms with Crippen LogP contribution in [0.25, 0.3) is 0 Å². The summed E-state index contributed by atoms with van der Waals surface area (Å²) in [5.74, 6) is 4.57. The third kappa shape index (κ3) is 6.22. The van der Waals surface area contributed by atoms with Crippen LogP contribution >= 0.6 is 0 Å². The van der Waals surface area contributed by atoms with Gasteiger partial charge in [0.05, 0.1) is 12.4 Å². The van der Waals surface area contributed by atoms with Crippen LogP contribution in [0.3, 0.4) is 0 Å². The maximum Gasteiger partial charge on any atom is 0.165 e. The number of aliphatic hydroxyl groups excluding tert-OH is 1. The largest absolute Gasteiger partial charge is 0.490 e. The van der Waals surface area contributed by atoms with E-state index in [1.807, 2.05) is 0 Å². The quantitative estimate of drug-likeness (QED) is 0.647. The van der Waals surface area contributed by atoms with Crippen molar-refractivity contribution in [2.24, 2.45) is 0 Å². The number of hydrogen-bond donors (Lipinski definition) is 1. The summed E-state index contributed by atoms with van der Waals surface area (Å²) >= 11 is 0. The molecule has 104 valence electrons. The van der Waals surface area contributed by atoms with Gasteiger partial charge in [0, 0.05) is 11.8 Å². The zero-order valence-electron chi connectivity index (χ0n) is 10.5. The van der Waals surface area contributed by atoms with Gasteiger partial charge in [0.1, 0.15) is 16.4 Å². The van der Waals surface area contributed by atoms with Crippen molar-refractivity contribution in [1.29, 1.82) is 0 Å². The highest BCUT2D eigenvalue weighted by Gasteiger charge is 2.06. The van der Waals surface area contributed by atoms with E-state index in [-0.39, 0.29) is 24.7 Å². The Balaban J connectivity index is 2.62. The third-order valence-corrected chi connectivity index (χ3v) is 3.19. The molecule has 0 radical (unpaired) electrons. The summed E-state index contributed by atoms with van der Waals surface area (Å²) in [6.07, 6.45) is 1.43. The average molecular weight is 286 g/mol. The first-order valence-corrected chi connectivity index (χ1v) is 7.68. The van der Waals surface area contributed by atoms with E-state index in [1.165, 1.54) is 18.2 Å². The molecule has 0 aromatic heterocycles. The predicted octanol–water partition coefficient (Wildman–Crippen LogP) is 0.983. The minimum absolute atomic E-state index is 0.00136. The summed E-state index contributed by atoms with van der Waals surface area (Å²) in [6, 6.07) is 4.10. The number of ether oxygens (including phenoxy) is 1. The van der Waals surface area contributed by atoms with Crippen LogP contribution in [0, 0.1) is 17.7 Å². The van der Waals surface area contributed by atoms with E-state index in [9.17, 15) is 12.8 Å². The first kappa shape index (κ1) is 15.5. The van der Waals surface area contributed by atoms with Crippen LogP contribution in [0.2, 0.25) is 0 Å². The first-order chi connectivity index (χ1) is 8.92. The third-order valence-electron chi connectivity index (χ3n) is 2.16. The molecule has 0 bridgehead atoms. The summed E-state index contributed by atoms with van der Waals surface area (Å²) < 4.78 is 40.4. The van der Waals surface area contributed by atoms with E-state index < -0.39 is 15.7 Å². The molecule has 4 nitrogen and oxygen atoms in total. The Morgan fingerprint density at radius 2 is 2.16 bits per heavy atom. The summed E-state index contributed by atoms with van der Waals surface area (Å²) in [7, 11) is -3.03. The van der Waals surface area contributed by atoms with E-state index in [0.29, 0.717) is 12.0 Å². The van der Waals surface area contributed by atoms with Gasteiger partial charge in [-0.1, -0.05) is 11.8 Å². The zero-order valence-corrected chi connectivity index (χ0v) is 11.3. The minimum Gasteiger partial charge on any atom is -0.490 e. The molecule has 0 aliphatic rings. The van der Waals surface area contributed by atoms with Crippen molar-refractivity contribution < 1.29 is 22.7 Å². The second-order valence-electron chi connectivity index (χ2n) is 3.94. The van der Waals surface area contributed by atoms with Crippen LogP contribution < -0.4 is 4.74 Å². The van der Waals surface area contributed by atoms with Crippen molar-refractivity contribution in [3.8, 4) is 17.6 Å². The van der Waals surface area contributed by atoms with Crippen molar-refractivity contribution in [1.82, 2.24) is 0 Å². The predicted molar refractivity (Wildman–Crippen MR) is 70.2 cm³/mol. The SMILES string of the molecule is CS(=O)(=O)CCCOc1cc(C#CCO)ccc1F. The van der Waals surface area contributed by atoms with E-state index >= 15 is 0 Å². The molecule has 0 fully saturated rings. The monoisotopic (exact) mass is 286 g/mol. The molecular weight excluding hydrogens is 271 g/mol. The summed E-state index contributed by atoms with van der Waals surface area (Å²) in [5, 5.41) is 8.57. The topological polar surface area (TPSA) is 63.6 Å². The second-order valence-corrected chi connectivity index (χ2v) is 6.20. The molecule has 0 heterocycles. The Bertz CT molecular complexity index is 584. The molecule has 1 aromatic carbocycles. The van der Waals surface area contributed by atoms with Crippen LogP contribution in [-0.4, -0.2) is 38.7 Å². The van der Waals surface area contributed by atoms with Crippen molar-refractivity contribution >= 4 is 9.84 Å². The molecular formula is C13H15FO4S. The summed E-state index contributed by atoms with van der Waals surface area (Å²) in [4.78, 5) is 0. The zero-order chi connectivity index (χ0) is 14.3. The Morgan fingerprint density at radius 3 is 2.79 bits per heavy atom. The van der Waals surface area contributed by atoms with Gasteiger partial charge in [-0.2, -0.15) is 0 Å². The normalized spacial score (nSPS) is 10.7. The van der Waals surface area contributed by atoms with Gasteiger partial charge in [-0.05, 0) is 24.6 Å². The highest BCUT2D eigenvalue weighted by atomic mass is 32.2. The van der Waals surface area contributed by atoms with Crippen LogP contribution in [0.4, 0.5) is 4.39 Å². The van der Waals surface area contributed by atoms with Gasteiger partial charge < -0.3 is 9.84 Å². The molecule has 0 saturated carbocycles. The summed E-state index contributed by atoms with van der Waals surface area (Å²) in [5.41, 5.74) is 0.522. The molecule has 1 N–H and O–H groups in total. The lowest BCUT2D eigenvalue weighted by atomic mass is 10.2. The van der Waals surface area contributed by atoms with Crippen LogP contribution in [0.5, 0.6) is 5.75 Å². The van der Waals surface area contributed by atoms with Crippen LogP contribution in [0.15, 0.2) is 18.2 Å². The Labute approximate surface area is 112 Å². The van der Waals surface area contributed by atoms with Crippen molar-refractivity contribution in [2.75, 3.05) is 25.2 Å². The number of rotatable bonds is 5. The van der Waals surface area contributed by atoms with Gasteiger partial charge in [0.25, 0.3) is 0 Å². The molecule has 0 aliphatic carbocycles. The number of halogens is 1. The van der Waals surface area contributed by atoms with Crippen molar-refractivity contribution in [3.63, 3.8) is 0 Å². The minimum atomic E-state index is -3.03. The summed E-state index contributed by atoms with van der Waals surface area (Å²) in [6.45, 7) is -0.164. The maximum atomic E-state index is 13.4. The molecule has 6 heteroatoms. The molecule has 1 rings (SSSR count). The standard InChI is InChI=1S/C13H15FO4S/c1-19(16,17)9-3-8-18-13-10-11(4-2-7-15)5-6-12(13)14/h5-6,10,15H,3,7-9H2,1H3. The van der Waals surface area contributed by atoms with Crippen LogP contribution in [-0.2, 0) is 9.84 Å². The van der Waals surface area contributed by atoms with Gasteiger partial charge in [-0.25, -0.2) is 12.8 Å². The van der Waals surface area contributed by atoms with Gasteiger partial charge in [-0.15, -0.1) is 0 Å². The molecule has 0 spiro atoms. The molecule has 0 aliphatic heterocycles. The molecule has 0 atom stereocenters. The van der Waals surface area contributed by atoms with Gasteiger partial charge in [0.2, 0.25) is 0 Å². The highest BCUT2D eigenvalue weighted by molar-refractivity contribution is 7.90. The van der Waals surface area contributed by atoms with E-state index in [2.05, 4.69) is 11.8 Å². The molecule has 0 saturated heterocycles. The van der Waals surface area contributed by atoms with E-state index in [4.69, 9.17) is 9.84 Å². The van der Waals surface area contributed by atoms with Gasteiger partial charge >= 0.3 is 0 Å².